The Bertz CT molecular complexity index is 162. The Morgan fingerprint density at radius 3 is 1.92 bits per heavy atom. The zero-order chi connectivity index (χ0) is 9.83. The summed E-state index contributed by atoms with van der Waals surface area (Å²) in [6, 6.07) is 0. The summed E-state index contributed by atoms with van der Waals surface area (Å²) in [5.41, 5.74) is 0. The molecule has 0 heterocycles. The Labute approximate surface area is 83.3 Å². The second-order valence-corrected chi connectivity index (χ2v) is 3.82. The van der Waals surface area contributed by atoms with Gasteiger partial charge in [-0.05, 0) is 0 Å². The maximum atomic E-state index is 11.9. The van der Waals surface area contributed by atoms with E-state index in [4.69, 9.17) is 34.8 Å². The minimum Gasteiger partial charge on any atom is -0.168 e. The normalized spacial score (nSPS) is 14.2. The van der Waals surface area contributed by atoms with Gasteiger partial charge in [0.2, 0.25) is 4.33 Å². The highest BCUT2D eigenvalue weighted by molar-refractivity contribution is 6.49. The molecule has 0 fully saturated rings. The number of rotatable bonds is 3. The highest BCUT2D eigenvalue weighted by Crippen LogP contribution is 2.42. The lowest BCUT2D eigenvalue weighted by Crippen LogP contribution is -2.33. The summed E-state index contributed by atoms with van der Waals surface area (Å²) in [6.45, 7) is 0. The average molecular weight is 241 g/mol. The summed E-state index contributed by atoms with van der Waals surface area (Å²) in [7, 11) is 0. The minimum atomic E-state index is -4.62. The molecule has 0 atom stereocenters. The van der Waals surface area contributed by atoms with Crippen LogP contribution in [0.1, 0.15) is 6.42 Å². The van der Waals surface area contributed by atoms with E-state index >= 15 is 0 Å². The van der Waals surface area contributed by atoms with Gasteiger partial charge in [-0.2, -0.15) is 13.2 Å². The molecule has 0 amide bonds. The fourth-order valence-electron chi connectivity index (χ4n) is 0.410. The summed E-state index contributed by atoms with van der Waals surface area (Å²) in [4.78, 5) is 0. The molecular formula is C6H6Cl3F3. The minimum absolute atomic E-state index is 0.141. The van der Waals surface area contributed by atoms with E-state index in [1.165, 1.54) is 12.2 Å². The summed E-state index contributed by atoms with van der Waals surface area (Å²) >= 11 is 15.2. The van der Waals surface area contributed by atoms with Crippen molar-refractivity contribution in [2.45, 2.75) is 16.9 Å². The molecule has 0 bridgehead atoms. The first-order chi connectivity index (χ1) is 5.31. The molecule has 6 heteroatoms. The van der Waals surface area contributed by atoms with E-state index in [0.717, 1.165) is 0 Å². The van der Waals surface area contributed by atoms with E-state index in [1.54, 1.807) is 0 Å². The van der Waals surface area contributed by atoms with Gasteiger partial charge in [-0.15, -0.1) is 11.6 Å². The molecule has 0 saturated heterocycles. The van der Waals surface area contributed by atoms with Gasteiger partial charge in [-0.25, -0.2) is 0 Å². The Balaban J connectivity index is 4.14. The number of halogens is 6. The maximum Gasteiger partial charge on any atom is 0.421 e. The summed E-state index contributed by atoms with van der Waals surface area (Å²) in [6.07, 6.45) is -2.56. The predicted molar refractivity (Wildman–Crippen MR) is 45.0 cm³/mol. The van der Waals surface area contributed by atoms with E-state index in [2.05, 4.69) is 0 Å². The standard InChI is InChI=1S/C6H6Cl3F3/c7-4-2-1-3-5(8,9)6(10,11)12/h1-2H,3-4H2. The molecule has 0 spiro atoms. The summed E-state index contributed by atoms with van der Waals surface area (Å²) in [5, 5.41) is 0. The molecule has 0 aliphatic carbocycles. The number of hydrogen-bond acceptors (Lipinski definition) is 0. The first-order valence-corrected chi connectivity index (χ1v) is 4.26. The summed E-state index contributed by atoms with van der Waals surface area (Å²) < 4.78 is 33.1. The van der Waals surface area contributed by atoms with Gasteiger partial charge in [0.25, 0.3) is 0 Å². The van der Waals surface area contributed by atoms with Crippen molar-refractivity contribution in [1.29, 1.82) is 0 Å². The van der Waals surface area contributed by atoms with Gasteiger partial charge in [0.15, 0.2) is 0 Å². The zero-order valence-electron chi connectivity index (χ0n) is 5.84. The number of hydrogen-bond donors (Lipinski definition) is 0. The van der Waals surface area contributed by atoms with E-state index < -0.39 is 16.9 Å². The molecule has 0 unspecified atom stereocenters. The van der Waals surface area contributed by atoms with E-state index in [0.29, 0.717) is 0 Å². The molecule has 72 valence electrons. The van der Waals surface area contributed by atoms with Gasteiger partial charge in [0.1, 0.15) is 0 Å². The smallest absolute Gasteiger partial charge is 0.168 e. The molecular weight excluding hydrogens is 235 g/mol. The molecule has 12 heavy (non-hydrogen) atoms. The molecule has 0 saturated carbocycles. The molecule has 0 nitrogen and oxygen atoms in total. The Morgan fingerprint density at radius 2 is 1.58 bits per heavy atom. The molecule has 0 aromatic heterocycles. The highest BCUT2D eigenvalue weighted by atomic mass is 35.5. The lowest BCUT2D eigenvalue weighted by molar-refractivity contribution is -0.140. The van der Waals surface area contributed by atoms with Crippen molar-refractivity contribution in [3.05, 3.63) is 12.2 Å². The average Bonchev–Trinajstić information content (AvgIpc) is 1.85. The fourth-order valence-corrected chi connectivity index (χ4v) is 0.714. The molecule has 0 rings (SSSR count). The van der Waals surface area contributed by atoms with Gasteiger partial charge in [-0.1, -0.05) is 35.4 Å². The van der Waals surface area contributed by atoms with Crippen LogP contribution in [0.3, 0.4) is 0 Å². The van der Waals surface area contributed by atoms with Crippen LogP contribution in [0.15, 0.2) is 12.2 Å². The van der Waals surface area contributed by atoms with Crippen LogP contribution in [0.25, 0.3) is 0 Å². The zero-order valence-corrected chi connectivity index (χ0v) is 8.10. The molecule has 0 aliphatic rings. The van der Waals surface area contributed by atoms with Crippen molar-refractivity contribution < 1.29 is 13.2 Å². The van der Waals surface area contributed by atoms with Crippen LogP contribution >= 0.6 is 34.8 Å². The van der Waals surface area contributed by atoms with E-state index in [-0.39, 0.29) is 5.88 Å². The van der Waals surface area contributed by atoms with Crippen molar-refractivity contribution >= 4 is 34.8 Å². The number of alkyl halides is 6. The SMILES string of the molecule is FC(F)(F)C(Cl)(Cl)CC=CCCl. The molecule has 0 aliphatic heterocycles. The molecule has 0 aromatic rings. The van der Waals surface area contributed by atoms with Crippen LogP contribution in [0.5, 0.6) is 0 Å². The first-order valence-electron chi connectivity index (χ1n) is 2.97. The molecule has 0 radical (unpaired) electrons. The predicted octanol–water partition coefficient (Wildman–Crippen LogP) is 3.91. The van der Waals surface area contributed by atoms with Gasteiger partial charge < -0.3 is 0 Å². The van der Waals surface area contributed by atoms with Gasteiger partial charge in [0.05, 0.1) is 0 Å². The monoisotopic (exact) mass is 240 g/mol. The Kier molecular flexibility index (Phi) is 4.74. The third kappa shape index (κ3) is 3.87. The largest absolute Gasteiger partial charge is 0.421 e. The molecule has 0 N–H and O–H groups in total. The lowest BCUT2D eigenvalue weighted by atomic mass is 10.2. The highest BCUT2D eigenvalue weighted by Gasteiger charge is 2.51. The van der Waals surface area contributed by atoms with E-state index in [9.17, 15) is 13.2 Å². The van der Waals surface area contributed by atoms with Crippen molar-refractivity contribution in [3.63, 3.8) is 0 Å². The topological polar surface area (TPSA) is 0 Å². The van der Waals surface area contributed by atoms with Crippen LogP contribution in [-0.2, 0) is 0 Å². The third-order valence-electron chi connectivity index (χ3n) is 1.04. The second kappa shape index (κ2) is 4.58. The van der Waals surface area contributed by atoms with Crippen LogP contribution in [0.4, 0.5) is 13.2 Å². The Morgan fingerprint density at radius 1 is 1.08 bits per heavy atom. The van der Waals surface area contributed by atoms with Gasteiger partial charge in [-0.3, -0.25) is 0 Å². The van der Waals surface area contributed by atoms with Crippen LogP contribution < -0.4 is 0 Å². The van der Waals surface area contributed by atoms with Crippen molar-refractivity contribution in [1.82, 2.24) is 0 Å². The number of allylic oxidation sites excluding steroid dienone is 2. The lowest BCUT2D eigenvalue weighted by Gasteiger charge is -2.20. The van der Waals surface area contributed by atoms with Crippen molar-refractivity contribution in [2.75, 3.05) is 5.88 Å². The fraction of sp³-hybridized carbons (Fsp3) is 0.667. The van der Waals surface area contributed by atoms with Crippen LogP contribution in [0, 0.1) is 0 Å². The second-order valence-electron chi connectivity index (χ2n) is 2.03. The maximum absolute atomic E-state index is 11.9. The summed E-state index contributed by atoms with van der Waals surface area (Å²) in [5.74, 6) is 0.141. The molecule has 0 aromatic carbocycles. The third-order valence-corrected chi connectivity index (χ3v) is 1.96. The van der Waals surface area contributed by atoms with Gasteiger partial charge >= 0.3 is 6.18 Å². The van der Waals surface area contributed by atoms with Crippen LogP contribution in [-0.4, -0.2) is 16.4 Å². The first kappa shape index (κ1) is 12.4. The van der Waals surface area contributed by atoms with Gasteiger partial charge in [0, 0.05) is 12.3 Å². The quantitative estimate of drug-likeness (QED) is 0.519. The van der Waals surface area contributed by atoms with Crippen molar-refractivity contribution in [2.24, 2.45) is 0 Å². The van der Waals surface area contributed by atoms with Crippen LogP contribution in [0.2, 0.25) is 0 Å². The van der Waals surface area contributed by atoms with Crippen molar-refractivity contribution in [3.8, 4) is 0 Å². The Hall–Kier alpha value is 0.400. The van der Waals surface area contributed by atoms with E-state index in [1.807, 2.05) is 0 Å².